The summed E-state index contributed by atoms with van der Waals surface area (Å²) in [5.41, 5.74) is -9.07. The second kappa shape index (κ2) is 9.78. The molecule has 0 amide bonds. The van der Waals surface area contributed by atoms with Gasteiger partial charge in [0.1, 0.15) is 18.0 Å². The Morgan fingerprint density at radius 3 is 2.29 bits per heavy atom. The normalized spacial score (nSPS) is 43.2. The quantitative estimate of drug-likeness (QED) is 0.338. The lowest BCUT2D eigenvalue weighted by Gasteiger charge is -2.51. The van der Waals surface area contributed by atoms with Crippen LogP contribution in [0.4, 0.5) is 0 Å². The van der Waals surface area contributed by atoms with Crippen molar-refractivity contribution < 1.29 is 62.5 Å². The van der Waals surface area contributed by atoms with Crippen LogP contribution in [0.15, 0.2) is 54.6 Å². The van der Waals surface area contributed by atoms with Crippen LogP contribution in [0.25, 0.3) is 0 Å². The molecule has 6 fully saturated rings. The number of carbonyl (C=O) groups excluding carboxylic acids is 4. The summed E-state index contributed by atoms with van der Waals surface area (Å²) in [5.74, 6) is -5.30. The van der Waals surface area contributed by atoms with Gasteiger partial charge >= 0.3 is 23.9 Å². The number of carbonyl (C=O) groups is 4. The molecule has 4 aliphatic heterocycles. The molecule has 4 heterocycles. The molecule has 6 aliphatic rings. The highest BCUT2D eigenvalue weighted by Gasteiger charge is 3.05. The molecule has 2 spiro atoms. The summed E-state index contributed by atoms with van der Waals surface area (Å²) in [4.78, 5) is 55.5. The summed E-state index contributed by atoms with van der Waals surface area (Å²) < 4.78 is 42.2. The number of aliphatic hydroxyl groups is 2. The SMILES string of the molecule is COc1ccc(CO[C@H]2C(=O)OC3OC45C(=O)O[C@@H]6C(C(C)(C)C)C32C4(C(O)C2OC(=O)[C@@H](C)[C@@]25O)C6OC(=O)c2ccccc2)cc1. The van der Waals surface area contributed by atoms with Gasteiger partial charge in [-0.3, -0.25) is 4.79 Å². The molecule has 4 saturated heterocycles. The van der Waals surface area contributed by atoms with Gasteiger partial charge in [-0.05, 0) is 42.2 Å². The van der Waals surface area contributed by atoms with Gasteiger partial charge < -0.3 is 43.4 Å². The largest absolute Gasteiger partial charge is 0.497 e. The van der Waals surface area contributed by atoms with Crippen molar-refractivity contribution in [3.8, 4) is 5.75 Å². The smallest absolute Gasteiger partial charge is 0.343 e. The van der Waals surface area contributed by atoms with Crippen molar-refractivity contribution in [2.75, 3.05) is 7.11 Å². The number of fused-ring (bicyclic) bond motifs is 2. The van der Waals surface area contributed by atoms with E-state index in [1.807, 2.05) is 20.8 Å². The van der Waals surface area contributed by atoms with E-state index >= 15 is 0 Å². The van der Waals surface area contributed by atoms with Crippen molar-refractivity contribution in [1.82, 2.24) is 0 Å². The van der Waals surface area contributed by atoms with Crippen LogP contribution in [-0.4, -0.2) is 89.2 Å². The minimum absolute atomic E-state index is 0.110. The second-order valence-electron chi connectivity index (χ2n) is 14.7. The number of hydrogen-bond donors (Lipinski definition) is 2. The first-order valence-electron chi connectivity index (χ1n) is 15.9. The van der Waals surface area contributed by atoms with Gasteiger partial charge in [0.25, 0.3) is 0 Å². The maximum Gasteiger partial charge on any atom is 0.343 e. The van der Waals surface area contributed by atoms with Crippen LogP contribution in [-0.2, 0) is 49.4 Å². The van der Waals surface area contributed by atoms with Crippen LogP contribution in [0.2, 0.25) is 0 Å². The van der Waals surface area contributed by atoms with Crippen molar-refractivity contribution in [2.24, 2.45) is 28.1 Å². The fraction of sp³-hybridized carbons (Fsp3) is 0.543. The third-order valence-corrected chi connectivity index (χ3v) is 11.7. The Balaban J connectivity index is 1.37. The highest BCUT2D eigenvalue weighted by molar-refractivity contribution is 5.94. The van der Waals surface area contributed by atoms with Crippen LogP contribution in [0.1, 0.15) is 43.6 Å². The van der Waals surface area contributed by atoms with E-state index in [0.717, 1.165) is 0 Å². The fourth-order valence-electron chi connectivity index (χ4n) is 10.2. The molecule has 2 bridgehead atoms. The zero-order valence-corrected chi connectivity index (χ0v) is 26.9. The van der Waals surface area contributed by atoms with Crippen LogP contribution in [0, 0.1) is 28.1 Å². The molecule has 8 unspecified atom stereocenters. The van der Waals surface area contributed by atoms with E-state index in [1.165, 1.54) is 14.0 Å². The minimum atomic E-state index is -2.58. The van der Waals surface area contributed by atoms with Crippen molar-refractivity contribution in [3.63, 3.8) is 0 Å². The summed E-state index contributed by atoms with van der Waals surface area (Å²) in [6.45, 7) is 6.81. The van der Waals surface area contributed by atoms with Gasteiger partial charge in [-0.2, -0.15) is 0 Å². The Bertz CT molecular complexity index is 1720. The fourth-order valence-corrected chi connectivity index (χ4v) is 10.2. The third kappa shape index (κ3) is 3.26. The van der Waals surface area contributed by atoms with Crippen LogP contribution in [0.3, 0.4) is 0 Å². The Morgan fingerprint density at radius 2 is 1.65 bits per heavy atom. The summed E-state index contributed by atoms with van der Waals surface area (Å²) in [6, 6.07) is 15.1. The average Bonchev–Trinajstić information content (AvgIpc) is 3.68. The molecule has 254 valence electrons. The Kier molecular flexibility index (Phi) is 6.36. The Morgan fingerprint density at radius 1 is 0.958 bits per heavy atom. The molecular formula is C35H36O13. The molecule has 13 heteroatoms. The number of ether oxygens (including phenoxy) is 7. The van der Waals surface area contributed by atoms with Crippen LogP contribution in [0.5, 0.6) is 5.75 Å². The summed E-state index contributed by atoms with van der Waals surface area (Å²) >= 11 is 0. The van der Waals surface area contributed by atoms with Crippen LogP contribution >= 0.6 is 0 Å². The first-order chi connectivity index (χ1) is 22.7. The lowest BCUT2D eigenvalue weighted by molar-refractivity contribution is -0.281. The van der Waals surface area contributed by atoms with Gasteiger partial charge in [-0.1, -0.05) is 51.1 Å². The van der Waals surface area contributed by atoms with Gasteiger partial charge in [0.05, 0.1) is 36.0 Å². The Hall–Kier alpha value is -4.04. The first-order valence-corrected chi connectivity index (χ1v) is 15.9. The van der Waals surface area contributed by atoms with Crippen molar-refractivity contribution in [2.45, 2.75) is 82.3 Å². The molecule has 2 aromatic carbocycles. The van der Waals surface area contributed by atoms with E-state index in [-0.39, 0.29) is 12.2 Å². The zero-order valence-electron chi connectivity index (χ0n) is 26.9. The van der Waals surface area contributed by atoms with Gasteiger partial charge in [0.15, 0.2) is 23.9 Å². The summed E-state index contributed by atoms with van der Waals surface area (Å²) in [7, 11) is 1.54. The molecule has 0 radical (unpaired) electrons. The molecule has 2 N–H and O–H groups in total. The predicted octanol–water partition coefficient (Wildman–Crippen LogP) is 1.70. The number of benzene rings is 2. The van der Waals surface area contributed by atoms with Crippen LogP contribution < -0.4 is 4.74 Å². The first kappa shape index (κ1) is 31.2. The molecule has 8 rings (SSSR count). The maximum atomic E-state index is 14.6. The Labute approximate surface area is 275 Å². The lowest BCUT2D eigenvalue weighted by Crippen LogP contribution is -2.74. The van der Waals surface area contributed by atoms with E-state index in [4.69, 9.17) is 33.2 Å². The molecule has 13 nitrogen and oxygen atoms in total. The molecule has 0 aromatic heterocycles. The van der Waals surface area contributed by atoms with Gasteiger partial charge in [-0.15, -0.1) is 0 Å². The summed E-state index contributed by atoms with van der Waals surface area (Å²) in [6.07, 6.45) is -9.47. The number of rotatable bonds is 6. The number of esters is 4. The third-order valence-electron chi connectivity index (χ3n) is 11.7. The van der Waals surface area contributed by atoms with E-state index in [2.05, 4.69) is 0 Å². The summed E-state index contributed by atoms with van der Waals surface area (Å²) in [5, 5.41) is 25.3. The lowest BCUT2D eigenvalue weighted by atomic mass is 9.50. The number of aliphatic hydroxyl groups excluding tert-OH is 1. The van der Waals surface area contributed by atoms with Gasteiger partial charge in [0.2, 0.25) is 11.9 Å². The van der Waals surface area contributed by atoms with Crippen molar-refractivity contribution in [3.05, 3.63) is 65.7 Å². The highest BCUT2D eigenvalue weighted by Crippen LogP contribution is 2.84. The van der Waals surface area contributed by atoms with E-state index in [0.29, 0.717) is 11.3 Å². The predicted molar refractivity (Wildman–Crippen MR) is 159 cm³/mol. The molecule has 2 saturated carbocycles. The van der Waals surface area contributed by atoms with E-state index < -0.39 is 100.0 Å². The minimum Gasteiger partial charge on any atom is -0.497 e. The maximum absolute atomic E-state index is 14.6. The standard InChI is InChI=1S/C35H36O13/c1-16-26(37)46-24-22(36)33-23(45-27(38)18-9-7-6-8-10-18)20-21(31(2,3)4)32(33)25(43-15-17-11-13-19(42-5)14-12-17)28(39)47-30(32)48-35(33,29(40)44-20)34(16,24)41/h6-14,16,20-25,30,36,41H,15H2,1-5H3/t16-,20-,21?,22?,23?,24?,25+,30?,32?,33?,34-,35?/m1/s1. The van der Waals surface area contributed by atoms with Crippen molar-refractivity contribution in [1.29, 1.82) is 0 Å². The second-order valence-corrected chi connectivity index (χ2v) is 14.7. The van der Waals surface area contributed by atoms with E-state index in [9.17, 15) is 29.4 Å². The topological polar surface area (TPSA) is 173 Å². The van der Waals surface area contributed by atoms with E-state index in [1.54, 1.807) is 54.6 Å². The molecule has 48 heavy (non-hydrogen) atoms. The molecule has 2 aromatic rings. The number of methoxy groups -OCH3 is 1. The molecular weight excluding hydrogens is 628 g/mol. The highest BCUT2D eigenvalue weighted by atomic mass is 16.8. The molecule has 2 aliphatic carbocycles. The zero-order chi connectivity index (χ0) is 34.2. The van der Waals surface area contributed by atoms with Gasteiger partial charge in [0, 0.05) is 5.92 Å². The van der Waals surface area contributed by atoms with Crippen molar-refractivity contribution >= 4 is 23.9 Å². The van der Waals surface area contributed by atoms with Gasteiger partial charge in [-0.25, -0.2) is 14.4 Å². The molecule has 12 atom stereocenters. The average molecular weight is 665 g/mol. The number of hydrogen-bond acceptors (Lipinski definition) is 13. The monoisotopic (exact) mass is 664 g/mol.